The lowest BCUT2D eigenvalue weighted by Crippen LogP contribution is -1.94. The highest BCUT2D eigenvalue weighted by atomic mass is 15.0. The number of benzene rings is 4. The third kappa shape index (κ3) is 2.17. The maximum absolute atomic E-state index is 5.09. The Morgan fingerprint density at radius 3 is 2.54 bits per heavy atom. The van der Waals surface area contributed by atoms with Gasteiger partial charge in [0.2, 0.25) is 0 Å². The van der Waals surface area contributed by atoms with Crippen molar-refractivity contribution in [3.63, 3.8) is 0 Å². The molecule has 0 amide bonds. The number of para-hydroxylation sites is 2. The Kier molecular flexibility index (Phi) is 3.14. The highest BCUT2D eigenvalue weighted by Crippen LogP contribution is 2.49. The van der Waals surface area contributed by atoms with Crippen LogP contribution in [0.4, 0.5) is 0 Å². The van der Waals surface area contributed by atoms with E-state index in [1.165, 1.54) is 60.7 Å². The van der Waals surface area contributed by atoms with Gasteiger partial charge in [-0.2, -0.15) is 0 Å². The minimum atomic E-state index is 0.977. The number of aromatic nitrogens is 3. The zero-order valence-corrected chi connectivity index (χ0v) is 18.9. The van der Waals surface area contributed by atoms with Gasteiger partial charge in [0.05, 0.1) is 22.7 Å². The fraction of sp³-hybridized carbons (Fsp3) is 0.0625. The number of fused-ring (bicyclic) bond motifs is 15. The van der Waals surface area contributed by atoms with E-state index in [0.717, 1.165) is 35.0 Å². The van der Waals surface area contributed by atoms with E-state index in [9.17, 15) is 0 Å². The Bertz CT molecular complexity index is 2060. The molecule has 9 rings (SSSR count). The van der Waals surface area contributed by atoms with Gasteiger partial charge in [0.25, 0.3) is 0 Å². The summed E-state index contributed by atoms with van der Waals surface area (Å²) in [6, 6.07) is 28.9. The van der Waals surface area contributed by atoms with Gasteiger partial charge in [-0.1, -0.05) is 48.5 Å². The second kappa shape index (κ2) is 6.13. The number of pyridine rings is 2. The molecule has 0 aliphatic heterocycles. The average molecular weight is 446 g/mol. The number of imidazole rings is 1. The minimum absolute atomic E-state index is 0.977. The molecule has 0 spiro atoms. The fourth-order valence-electron chi connectivity index (χ4n) is 6.62. The number of rotatable bonds is 0. The van der Waals surface area contributed by atoms with Crippen LogP contribution >= 0.6 is 0 Å². The van der Waals surface area contributed by atoms with E-state index in [4.69, 9.17) is 4.98 Å². The largest absolute Gasteiger partial charge is 0.290 e. The Morgan fingerprint density at radius 2 is 1.54 bits per heavy atom. The predicted octanol–water partition coefficient (Wildman–Crippen LogP) is 7.33. The van der Waals surface area contributed by atoms with Gasteiger partial charge < -0.3 is 0 Å². The maximum Gasteiger partial charge on any atom is 0.146 e. The zero-order chi connectivity index (χ0) is 22.7. The summed E-state index contributed by atoms with van der Waals surface area (Å²) in [4.78, 5) is 9.57. The van der Waals surface area contributed by atoms with Crippen LogP contribution in [-0.4, -0.2) is 14.4 Å². The highest BCUT2D eigenvalue weighted by Gasteiger charge is 2.29. The Labute approximate surface area is 201 Å². The third-order valence-electron chi connectivity index (χ3n) is 8.10. The molecule has 4 aromatic carbocycles. The molecular formula is C32H19N3. The lowest BCUT2D eigenvalue weighted by Gasteiger charge is -2.12. The summed E-state index contributed by atoms with van der Waals surface area (Å²) in [6.07, 6.45) is 5.88. The van der Waals surface area contributed by atoms with E-state index in [2.05, 4.69) is 88.2 Å². The quantitative estimate of drug-likeness (QED) is 0.229. The molecule has 2 aliphatic carbocycles. The van der Waals surface area contributed by atoms with Crippen LogP contribution < -0.4 is 0 Å². The van der Waals surface area contributed by atoms with Crippen LogP contribution in [0.1, 0.15) is 22.3 Å². The molecule has 0 saturated heterocycles. The molecular weight excluding hydrogens is 426 g/mol. The van der Waals surface area contributed by atoms with E-state index in [1.807, 2.05) is 12.4 Å². The van der Waals surface area contributed by atoms with Gasteiger partial charge in [-0.15, -0.1) is 0 Å². The molecule has 0 radical (unpaired) electrons. The van der Waals surface area contributed by atoms with Crippen molar-refractivity contribution in [3.8, 4) is 22.3 Å². The van der Waals surface area contributed by atoms with Crippen molar-refractivity contribution >= 4 is 38.4 Å². The van der Waals surface area contributed by atoms with Crippen LogP contribution in [-0.2, 0) is 12.8 Å². The first kappa shape index (κ1) is 17.9. The summed E-state index contributed by atoms with van der Waals surface area (Å²) >= 11 is 0. The van der Waals surface area contributed by atoms with Crippen molar-refractivity contribution in [1.29, 1.82) is 0 Å². The van der Waals surface area contributed by atoms with Crippen LogP contribution in [0.15, 0.2) is 91.3 Å². The molecule has 35 heavy (non-hydrogen) atoms. The van der Waals surface area contributed by atoms with Crippen molar-refractivity contribution in [2.24, 2.45) is 0 Å². The second-order valence-electron chi connectivity index (χ2n) is 9.84. The third-order valence-corrected chi connectivity index (χ3v) is 8.10. The molecule has 0 fully saturated rings. The summed E-state index contributed by atoms with van der Waals surface area (Å²) in [5.41, 5.74) is 15.7. The van der Waals surface area contributed by atoms with Gasteiger partial charge in [0.15, 0.2) is 0 Å². The Morgan fingerprint density at radius 1 is 0.629 bits per heavy atom. The number of hydrogen-bond acceptors (Lipinski definition) is 2. The van der Waals surface area contributed by atoms with Gasteiger partial charge in [0.1, 0.15) is 5.65 Å². The summed E-state index contributed by atoms with van der Waals surface area (Å²) < 4.78 is 2.28. The van der Waals surface area contributed by atoms with E-state index in [-0.39, 0.29) is 0 Å². The summed E-state index contributed by atoms with van der Waals surface area (Å²) in [6.45, 7) is 0. The topological polar surface area (TPSA) is 30.2 Å². The monoisotopic (exact) mass is 445 g/mol. The normalized spacial score (nSPS) is 13.5. The van der Waals surface area contributed by atoms with Crippen LogP contribution in [0.25, 0.3) is 60.6 Å². The van der Waals surface area contributed by atoms with Crippen molar-refractivity contribution in [1.82, 2.24) is 14.4 Å². The van der Waals surface area contributed by atoms with Crippen molar-refractivity contribution in [2.75, 3.05) is 0 Å². The van der Waals surface area contributed by atoms with Crippen molar-refractivity contribution in [2.45, 2.75) is 12.8 Å². The summed E-state index contributed by atoms with van der Waals surface area (Å²) in [7, 11) is 0. The molecule has 0 unspecified atom stereocenters. The van der Waals surface area contributed by atoms with Gasteiger partial charge in [-0.05, 0) is 93.1 Å². The van der Waals surface area contributed by atoms with Gasteiger partial charge >= 0.3 is 0 Å². The van der Waals surface area contributed by atoms with Crippen molar-refractivity contribution < 1.29 is 0 Å². The Hall–Kier alpha value is -4.50. The van der Waals surface area contributed by atoms with Gasteiger partial charge in [0, 0.05) is 17.0 Å². The zero-order valence-electron chi connectivity index (χ0n) is 18.9. The molecule has 0 saturated carbocycles. The van der Waals surface area contributed by atoms with E-state index >= 15 is 0 Å². The van der Waals surface area contributed by atoms with Crippen LogP contribution in [0, 0.1) is 0 Å². The van der Waals surface area contributed by atoms with Crippen LogP contribution in [0.5, 0.6) is 0 Å². The molecule has 7 aromatic rings. The first-order valence-corrected chi connectivity index (χ1v) is 12.2. The van der Waals surface area contributed by atoms with Gasteiger partial charge in [-0.25, -0.2) is 4.98 Å². The van der Waals surface area contributed by atoms with Crippen LogP contribution in [0.3, 0.4) is 0 Å². The fourth-order valence-corrected chi connectivity index (χ4v) is 6.62. The van der Waals surface area contributed by atoms with E-state index < -0.39 is 0 Å². The molecule has 0 N–H and O–H groups in total. The van der Waals surface area contributed by atoms with E-state index in [1.54, 1.807) is 0 Å². The summed E-state index contributed by atoms with van der Waals surface area (Å²) in [5, 5.41) is 3.69. The first-order valence-electron chi connectivity index (χ1n) is 12.2. The van der Waals surface area contributed by atoms with Gasteiger partial charge in [-0.3, -0.25) is 9.38 Å². The molecule has 2 aliphatic rings. The average Bonchev–Trinajstić information content (AvgIpc) is 3.58. The summed E-state index contributed by atoms with van der Waals surface area (Å²) in [5.74, 6) is 0. The van der Waals surface area contributed by atoms with Crippen molar-refractivity contribution in [3.05, 3.63) is 114 Å². The SMILES string of the molecule is c1ccc2c(c1)Cc1c-2ccc2c1-c1cc3c4ccncc4n4c5ccccc5nc4c3cc1C2. The Balaban J connectivity index is 1.41. The lowest BCUT2D eigenvalue weighted by molar-refractivity contribution is 1.23. The van der Waals surface area contributed by atoms with Crippen LogP contribution in [0.2, 0.25) is 0 Å². The maximum atomic E-state index is 5.09. The molecule has 0 atom stereocenters. The number of hydrogen-bond donors (Lipinski definition) is 0. The number of nitrogens with zero attached hydrogens (tertiary/aromatic N) is 3. The predicted molar refractivity (Wildman–Crippen MR) is 142 cm³/mol. The lowest BCUT2D eigenvalue weighted by atomic mass is 9.93. The molecule has 3 heteroatoms. The standard InChI is InChI=1S/C32H19N3/c1-2-6-21-18(5-1)14-26-22(21)10-9-19-13-20-15-27-25(16-24(20)31(19)26)23-11-12-33-17-30(23)35-29-8-4-3-7-28(29)34-32(27)35/h1-12,15-17H,13-14H2. The van der Waals surface area contributed by atoms with E-state index in [0.29, 0.717) is 0 Å². The molecule has 3 nitrogen and oxygen atoms in total. The molecule has 3 heterocycles. The smallest absolute Gasteiger partial charge is 0.146 e. The molecule has 0 bridgehead atoms. The minimum Gasteiger partial charge on any atom is -0.290 e. The first-order chi connectivity index (χ1) is 17.3. The molecule has 162 valence electrons. The second-order valence-corrected chi connectivity index (χ2v) is 9.84. The highest BCUT2D eigenvalue weighted by molar-refractivity contribution is 6.15. The molecule has 3 aromatic heterocycles.